The predicted octanol–water partition coefficient (Wildman–Crippen LogP) is 3.98. The molecule has 6 nitrogen and oxygen atoms in total. The zero-order valence-electron chi connectivity index (χ0n) is 16.7. The third-order valence-corrected chi connectivity index (χ3v) is 5.56. The maximum Gasteiger partial charge on any atom is 0.255 e. The average Bonchev–Trinajstić information content (AvgIpc) is 2.75. The summed E-state index contributed by atoms with van der Waals surface area (Å²) in [5, 5.41) is 0.911. The molecule has 1 amide bonds. The Kier molecular flexibility index (Phi) is 7.11. The Morgan fingerprint density at radius 3 is 2.24 bits per heavy atom. The van der Waals surface area contributed by atoms with Gasteiger partial charge in [-0.25, -0.2) is 0 Å². The number of hydrogen-bond acceptors (Lipinski definition) is 5. The Morgan fingerprint density at radius 1 is 0.931 bits per heavy atom. The molecule has 0 radical (unpaired) electrons. The van der Waals surface area contributed by atoms with E-state index in [1.807, 2.05) is 12.1 Å². The highest BCUT2D eigenvalue weighted by Gasteiger charge is 2.25. The van der Waals surface area contributed by atoms with Crippen LogP contribution in [0.25, 0.3) is 0 Å². The predicted molar refractivity (Wildman–Crippen MR) is 114 cm³/mol. The van der Waals surface area contributed by atoms with Gasteiger partial charge in [0.05, 0.1) is 31.9 Å². The van der Waals surface area contributed by atoms with Crippen molar-refractivity contribution < 1.29 is 19.0 Å². The largest absolute Gasteiger partial charge is 0.493 e. The summed E-state index contributed by atoms with van der Waals surface area (Å²) in [4.78, 5) is 16.9. The molecule has 0 aromatic heterocycles. The van der Waals surface area contributed by atoms with Gasteiger partial charge < -0.3 is 19.1 Å². The van der Waals surface area contributed by atoms with E-state index >= 15 is 0 Å². The summed E-state index contributed by atoms with van der Waals surface area (Å²) in [5.74, 6) is 1.77. The van der Waals surface area contributed by atoms with Gasteiger partial charge in [-0.15, -0.1) is 0 Å². The summed E-state index contributed by atoms with van der Waals surface area (Å²) >= 11 is 12.2. The number of rotatable bonds is 6. The highest BCUT2D eigenvalue weighted by molar-refractivity contribution is 6.35. The van der Waals surface area contributed by atoms with Crippen molar-refractivity contribution in [1.82, 2.24) is 9.80 Å². The topological polar surface area (TPSA) is 51.2 Å². The zero-order chi connectivity index (χ0) is 21.0. The van der Waals surface area contributed by atoms with Crippen LogP contribution < -0.4 is 14.2 Å². The molecular formula is C21H24Cl2N2O4. The average molecular weight is 439 g/mol. The summed E-state index contributed by atoms with van der Waals surface area (Å²) in [5.41, 5.74) is 1.44. The van der Waals surface area contributed by atoms with Gasteiger partial charge in [0.2, 0.25) is 5.75 Å². The quantitative estimate of drug-likeness (QED) is 0.682. The van der Waals surface area contributed by atoms with Gasteiger partial charge in [0.15, 0.2) is 11.5 Å². The normalized spacial score (nSPS) is 14.6. The molecule has 0 aliphatic carbocycles. The van der Waals surface area contributed by atoms with Crippen LogP contribution in [-0.2, 0) is 6.54 Å². The lowest BCUT2D eigenvalue weighted by Gasteiger charge is -2.35. The molecule has 2 aromatic carbocycles. The molecule has 0 spiro atoms. The fourth-order valence-corrected chi connectivity index (χ4v) is 3.84. The molecule has 156 valence electrons. The molecule has 0 bridgehead atoms. The van der Waals surface area contributed by atoms with E-state index in [0.29, 0.717) is 52.5 Å². The van der Waals surface area contributed by atoms with Crippen molar-refractivity contribution in [3.05, 3.63) is 51.5 Å². The number of benzene rings is 2. The summed E-state index contributed by atoms with van der Waals surface area (Å²) in [6.07, 6.45) is 0. The van der Waals surface area contributed by atoms with E-state index in [4.69, 9.17) is 37.4 Å². The highest BCUT2D eigenvalue weighted by Crippen LogP contribution is 2.40. The Bertz CT molecular complexity index is 883. The first-order chi connectivity index (χ1) is 14.0. The molecule has 1 aliphatic heterocycles. The summed E-state index contributed by atoms with van der Waals surface area (Å²) in [7, 11) is 4.81. The molecule has 1 fully saturated rings. The Morgan fingerprint density at radius 2 is 1.62 bits per heavy atom. The number of hydrogen-bond donors (Lipinski definition) is 0. The molecule has 8 heteroatoms. The van der Waals surface area contributed by atoms with Crippen molar-refractivity contribution in [2.45, 2.75) is 6.54 Å². The summed E-state index contributed by atoms with van der Waals surface area (Å²) < 4.78 is 16.4. The highest BCUT2D eigenvalue weighted by atomic mass is 35.5. The molecule has 1 aliphatic rings. The van der Waals surface area contributed by atoms with Crippen LogP contribution in [0, 0.1) is 0 Å². The number of halogens is 2. The molecule has 1 saturated heterocycles. The zero-order valence-corrected chi connectivity index (χ0v) is 18.2. The van der Waals surface area contributed by atoms with Gasteiger partial charge in [0, 0.05) is 43.3 Å². The van der Waals surface area contributed by atoms with E-state index in [1.54, 1.807) is 44.4 Å². The first-order valence-electron chi connectivity index (χ1n) is 9.23. The van der Waals surface area contributed by atoms with Crippen molar-refractivity contribution >= 4 is 29.1 Å². The molecule has 0 N–H and O–H groups in total. The van der Waals surface area contributed by atoms with E-state index in [1.165, 1.54) is 0 Å². The lowest BCUT2D eigenvalue weighted by atomic mass is 10.1. The number of nitrogens with zero attached hydrogens (tertiary/aromatic N) is 2. The Labute approximate surface area is 180 Å². The van der Waals surface area contributed by atoms with E-state index in [2.05, 4.69) is 4.90 Å². The van der Waals surface area contributed by atoms with E-state index in [9.17, 15) is 4.79 Å². The smallest absolute Gasteiger partial charge is 0.255 e. The molecule has 0 saturated carbocycles. The number of carbonyl (C=O) groups excluding carboxylic acids is 1. The molecule has 1 heterocycles. The van der Waals surface area contributed by atoms with Crippen LogP contribution >= 0.6 is 23.2 Å². The van der Waals surface area contributed by atoms with Crippen molar-refractivity contribution in [2.24, 2.45) is 0 Å². The van der Waals surface area contributed by atoms with Crippen LogP contribution in [0.1, 0.15) is 15.9 Å². The van der Waals surface area contributed by atoms with Crippen LogP contribution in [0.3, 0.4) is 0 Å². The van der Waals surface area contributed by atoms with E-state index in [-0.39, 0.29) is 5.91 Å². The van der Waals surface area contributed by atoms with Crippen molar-refractivity contribution in [1.29, 1.82) is 0 Å². The van der Waals surface area contributed by atoms with E-state index < -0.39 is 0 Å². The first kappa shape index (κ1) is 21.6. The molecule has 2 aromatic rings. The van der Waals surface area contributed by atoms with Gasteiger partial charge in [0.1, 0.15) is 0 Å². The van der Waals surface area contributed by atoms with E-state index in [0.717, 1.165) is 18.7 Å². The van der Waals surface area contributed by atoms with Crippen LogP contribution in [0.15, 0.2) is 30.3 Å². The molecule has 0 unspecified atom stereocenters. The Balaban J connectivity index is 1.67. The van der Waals surface area contributed by atoms with Gasteiger partial charge in [-0.3, -0.25) is 9.69 Å². The fraction of sp³-hybridized carbons (Fsp3) is 0.381. The lowest BCUT2D eigenvalue weighted by Crippen LogP contribution is -2.48. The Hall–Kier alpha value is -2.15. The molecule has 3 rings (SSSR count). The molecule has 0 atom stereocenters. The number of methoxy groups -OCH3 is 3. The standard InChI is InChI=1S/C21H24Cl2N2O4/c1-27-18-7-4-14(19(28-2)20(18)29-3)13-24-8-10-25(11-9-24)21(26)16-12-15(22)5-6-17(16)23/h4-7,12H,8-11,13H2,1-3H3. The number of piperazine rings is 1. The lowest BCUT2D eigenvalue weighted by molar-refractivity contribution is 0.0627. The maximum atomic E-state index is 12.8. The van der Waals surface area contributed by atoms with Crippen LogP contribution in [0.5, 0.6) is 17.2 Å². The van der Waals surface area contributed by atoms with Gasteiger partial charge in [-0.05, 0) is 24.3 Å². The summed E-state index contributed by atoms with van der Waals surface area (Å²) in [6.45, 7) is 3.38. The SMILES string of the molecule is COc1ccc(CN2CCN(C(=O)c3cc(Cl)ccc3Cl)CC2)c(OC)c1OC. The van der Waals surface area contributed by atoms with Crippen LogP contribution in [0.2, 0.25) is 10.0 Å². The van der Waals surface area contributed by atoms with Gasteiger partial charge in [-0.1, -0.05) is 29.3 Å². The second-order valence-electron chi connectivity index (χ2n) is 6.69. The number of ether oxygens (including phenoxy) is 3. The minimum absolute atomic E-state index is 0.0964. The number of carbonyl (C=O) groups is 1. The van der Waals surface area contributed by atoms with Gasteiger partial charge >= 0.3 is 0 Å². The van der Waals surface area contributed by atoms with Crippen molar-refractivity contribution in [3.8, 4) is 17.2 Å². The first-order valence-corrected chi connectivity index (χ1v) is 9.98. The summed E-state index contributed by atoms with van der Waals surface area (Å²) in [6, 6.07) is 8.79. The number of amides is 1. The third-order valence-electron chi connectivity index (χ3n) is 5.00. The van der Waals surface area contributed by atoms with Crippen LogP contribution in [0.4, 0.5) is 0 Å². The van der Waals surface area contributed by atoms with Gasteiger partial charge in [0.25, 0.3) is 5.91 Å². The monoisotopic (exact) mass is 438 g/mol. The van der Waals surface area contributed by atoms with Gasteiger partial charge in [-0.2, -0.15) is 0 Å². The second-order valence-corrected chi connectivity index (χ2v) is 7.53. The van der Waals surface area contributed by atoms with Crippen molar-refractivity contribution in [3.63, 3.8) is 0 Å². The molecular weight excluding hydrogens is 415 g/mol. The fourth-order valence-electron chi connectivity index (χ4n) is 3.47. The maximum absolute atomic E-state index is 12.8. The minimum Gasteiger partial charge on any atom is -0.493 e. The third kappa shape index (κ3) is 4.71. The minimum atomic E-state index is -0.0964. The van der Waals surface area contributed by atoms with Crippen molar-refractivity contribution in [2.75, 3.05) is 47.5 Å². The molecule has 29 heavy (non-hydrogen) atoms. The van der Waals surface area contributed by atoms with Crippen LogP contribution in [-0.4, -0.2) is 63.2 Å². The second kappa shape index (κ2) is 9.57.